The molecule has 0 bridgehead atoms. The van der Waals surface area contributed by atoms with Gasteiger partial charge in [-0.05, 0) is 61.2 Å². The number of carbonyl (C=O) groups is 1. The molecule has 2 N–H and O–H groups in total. The summed E-state index contributed by atoms with van der Waals surface area (Å²) >= 11 is 5.95. The Morgan fingerprint density at radius 1 is 1.12 bits per heavy atom. The lowest BCUT2D eigenvalue weighted by Gasteiger charge is -2.20. The molecule has 1 aliphatic carbocycles. The summed E-state index contributed by atoms with van der Waals surface area (Å²) in [6.45, 7) is 1.51. The summed E-state index contributed by atoms with van der Waals surface area (Å²) in [6, 6.07) is 15.3. The quantitative estimate of drug-likeness (QED) is 0.883. The molecule has 1 atom stereocenters. The molecule has 1 unspecified atom stereocenters. The van der Waals surface area contributed by atoms with Gasteiger partial charge < -0.3 is 15.3 Å². The van der Waals surface area contributed by atoms with Gasteiger partial charge in [0.2, 0.25) is 0 Å². The van der Waals surface area contributed by atoms with E-state index < -0.39 is 0 Å². The lowest BCUT2D eigenvalue weighted by atomic mass is 10.0. The predicted octanol–water partition coefficient (Wildman–Crippen LogP) is 3.33. The van der Waals surface area contributed by atoms with Crippen LogP contribution in [-0.4, -0.2) is 30.2 Å². The summed E-state index contributed by atoms with van der Waals surface area (Å²) in [5.74, 6) is -0.0551. The Morgan fingerprint density at radius 2 is 1.80 bits per heavy atom. The lowest BCUT2D eigenvalue weighted by molar-refractivity contribution is 0.0931. The monoisotopic (exact) mass is 356 g/mol. The number of aliphatic hydroxyl groups is 1. The Kier molecular flexibility index (Phi) is 4.18. The molecule has 2 aromatic carbocycles. The van der Waals surface area contributed by atoms with E-state index in [0.29, 0.717) is 17.1 Å². The molecule has 1 heterocycles. The number of nitrogens with one attached hydrogen (secondary N) is 1. The maximum absolute atomic E-state index is 12.6. The number of nitrogens with zero attached hydrogens (tertiary/aromatic N) is 1. The predicted molar refractivity (Wildman–Crippen MR) is 99.1 cm³/mol. The zero-order valence-electron chi connectivity index (χ0n) is 13.9. The second kappa shape index (κ2) is 6.36. The maximum Gasteiger partial charge on any atom is 0.251 e. The van der Waals surface area contributed by atoms with Crippen LogP contribution in [0.3, 0.4) is 0 Å². The molecule has 1 amide bonds. The Morgan fingerprint density at radius 3 is 2.36 bits per heavy atom. The fourth-order valence-corrected chi connectivity index (χ4v) is 3.60. The molecule has 1 saturated carbocycles. The molecular weight excluding hydrogens is 336 g/mol. The minimum atomic E-state index is -0.253. The number of hydrogen-bond donors (Lipinski definition) is 2. The summed E-state index contributed by atoms with van der Waals surface area (Å²) in [5, 5.41) is 13.5. The third-order valence-corrected chi connectivity index (χ3v) is 5.41. The standard InChI is InChI=1S/C20H21ClN2O2/c21-16-5-3-15(4-6-16)20(10-11-20)22-19(25)14-1-7-17(8-2-14)23-12-9-18(24)13-23/h1-8,18,24H,9-13H2,(H,22,25). The van der Waals surface area contributed by atoms with E-state index in [4.69, 9.17) is 11.6 Å². The molecule has 5 heteroatoms. The van der Waals surface area contributed by atoms with E-state index in [1.165, 1.54) is 0 Å². The molecule has 4 nitrogen and oxygen atoms in total. The third kappa shape index (κ3) is 3.37. The highest BCUT2D eigenvalue weighted by molar-refractivity contribution is 6.30. The normalized spacial score (nSPS) is 21.2. The van der Waals surface area contributed by atoms with E-state index in [2.05, 4.69) is 10.2 Å². The zero-order chi connectivity index (χ0) is 17.4. The number of anilines is 1. The van der Waals surface area contributed by atoms with Crippen molar-refractivity contribution < 1.29 is 9.90 Å². The zero-order valence-corrected chi connectivity index (χ0v) is 14.7. The van der Waals surface area contributed by atoms with E-state index in [1.807, 2.05) is 48.5 Å². The molecule has 0 aromatic heterocycles. The van der Waals surface area contributed by atoms with Crippen LogP contribution in [0.4, 0.5) is 5.69 Å². The topological polar surface area (TPSA) is 52.6 Å². The van der Waals surface area contributed by atoms with Gasteiger partial charge in [-0.3, -0.25) is 4.79 Å². The summed E-state index contributed by atoms with van der Waals surface area (Å²) in [4.78, 5) is 14.8. The first-order chi connectivity index (χ1) is 12.1. The van der Waals surface area contributed by atoms with Crippen molar-refractivity contribution in [3.63, 3.8) is 0 Å². The van der Waals surface area contributed by atoms with Gasteiger partial charge in [-0.15, -0.1) is 0 Å². The number of benzene rings is 2. The van der Waals surface area contributed by atoms with Crippen LogP contribution in [0.2, 0.25) is 5.02 Å². The third-order valence-electron chi connectivity index (χ3n) is 5.16. The van der Waals surface area contributed by atoms with Crippen molar-refractivity contribution in [3.05, 3.63) is 64.7 Å². The number of halogens is 1. The summed E-state index contributed by atoms with van der Waals surface area (Å²) in [7, 11) is 0. The van der Waals surface area contributed by atoms with Crippen molar-refractivity contribution >= 4 is 23.2 Å². The Hall–Kier alpha value is -2.04. The molecule has 1 saturated heterocycles. The smallest absolute Gasteiger partial charge is 0.251 e. The highest BCUT2D eigenvalue weighted by Crippen LogP contribution is 2.45. The Balaban J connectivity index is 1.45. The molecule has 4 rings (SSSR count). The first-order valence-corrected chi connectivity index (χ1v) is 9.05. The molecule has 2 fully saturated rings. The minimum absolute atomic E-state index is 0.0551. The molecular formula is C20H21ClN2O2. The van der Waals surface area contributed by atoms with Crippen molar-refractivity contribution in [2.24, 2.45) is 0 Å². The molecule has 2 aliphatic rings. The summed E-state index contributed by atoms with van der Waals surface area (Å²) in [5.41, 5.74) is 2.56. The van der Waals surface area contributed by atoms with Gasteiger partial charge in [0.25, 0.3) is 5.91 Å². The number of hydrogen-bond acceptors (Lipinski definition) is 3. The fraction of sp³-hybridized carbons (Fsp3) is 0.350. The van der Waals surface area contributed by atoms with Gasteiger partial charge in [0.1, 0.15) is 0 Å². The van der Waals surface area contributed by atoms with Crippen molar-refractivity contribution in [1.82, 2.24) is 5.32 Å². The summed E-state index contributed by atoms with van der Waals surface area (Å²) < 4.78 is 0. The number of rotatable bonds is 4. The fourth-order valence-electron chi connectivity index (χ4n) is 3.47. The highest BCUT2D eigenvalue weighted by atomic mass is 35.5. The van der Waals surface area contributed by atoms with Crippen LogP contribution < -0.4 is 10.2 Å². The SMILES string of the molecule is O=C(NC1(c2ccc(Cl)cc2)CC1)c1ccc(N2CCC(O)C2)cc1. The van der Waals surface area contributed by atoms with Crippen molar-refractivity contribution in [1.29, 1.82) is 0 Å². The van der Waals surface area contributed by atoms with Gasteiger partial charge in [0.15, 0.2) is 0 Å². The van der Waals surface area contributed by atoms with Crippen LogP contribution in [0.25, 0.3) is 0 Å². The van der Waals surface area contributed by atoms with Crippen molar-refractivity contribution in [3.8, 4) is 0 Å². The molecule has 25 heavy (non-hydrogen) atoms. The largest absolute Gasteiger partial charge is 0.391 e. The van der Waals surface area contributed by atoms with Crippen LogP contribution in [0.5, 0.6) is 0 Å². The second-order valence-electron chi connectivity index (χ2n) is 6.98. The maximum atomic E-state index is 12.6. The van der Waals surface area contributed by atoms with E-state index in [0.717, 1.165) is 37.1 Å². The minimum Gasteiger partial charge on any atom is -0.391 e. The molecule has 1 aliphatic heterocycles. The number of carbonyl (C=O) groups excluding carboxylic acids is 1. The van der Waals surface area contributed by atoms with Gasteiger partial charge in [-0.25, -0.2) is 0 Å². The van der Waals surface area contributed by atoms with Crippen LogP contribution in [0.15, 0.2) is 48.5 Å². The molecule has 130 valence electrons. The van der Waals surface area contributed by atoms with Crippen LogP contribution in [0, 0.1) is 0 Å². The van der Waals surface area contributed by atoms with Gasteiger partial charge >= 0.3 is 0 Å². The summed E-state index contributed by atoms with van der Waals surface area (Å²) in [6.07, 6.45) is 2.44. The Labute approximate surface area is 152 Å². The molecule has 0 radical (unpaired) electrons. The van der Waals surface area contributed by atoms with E-state index >= 15 is 0 Å². The van der Waals surface area contributed by atoms with Crippen molar-refractivity contribution in [2.75, 3.05) is 18.0 Å². The van der Waals surface area contributed by atoms with E-state index in [-0.39, 0.29) is 17.6 Å². The highest BCUT2D eigenvalue weighted by Gasteiger charge is 2.45. The lowest BCUT2D eigenvalue weighted by Crippen LogP contribution is -2.34. The van der Waals surface area contributed by atoms with Gasteiger partial charge in [-0.1, -0.05) is 23.7 Å². The molecule has 2 aromatic rings. The first kappa shape index (κ1) is 16.4. The number of amides is 1. The number of β-amino-alcohol motifs (C(OH)–C–C–N with tert-alkyl or cyclic N) is 1. The van der Waals surface area contributed by atoms with Crippen molar-refractivity contribution in [2.45, 2.75) is 30.9 Å². The van der Waals surface area contributed by atoms with E-state index in [9.17, 15) is 9.90 Å². The number of aliphatic hydroxyl groups excluding tert-OH is 1. The second-order valence-corrected chi connectivity index (χ2v) is 7.41. The Bertz CT molecular complexity index is 769. The first-order valence-electron chi connectivity index (χ1n) is 8.67. The average molecular weight is 357 g/mol. The van der Waals surface area contributed by atoms with Gasteiger partial charge in [0.05, 0.1) is 11.6 Å². The van der Waals surface area contributed by atoms with Crippen LogP contribution in [0.1, 0.15) is 35.2 Å². The van der Waals surface area contributed by atoms with Crippen LogP contribution >= 0.6 is 11.6 Å². The van der Waals surface area contributed by atoms with Gasteiger partial charge in [-0.2, -0.15) is 0 Å². The average Bonchev–Trinajstić information content (AvgIpc) is 3.27. The van der Waals surface area contributed by atoms with Gasteiger partial charge in [0, 0.05) is 29.4 Å². The van der Waals surface area contributed by atoms with Crippen LogP contribution in [-0.2, 0) is 5.54 Å². The molecule has 0 spiro atoms. The van der Waals surface area contributed by atoms with E-state index in [1.54, 1.807) is 0 Å².